The van der Waals surface area contributed by atoms with Crippen molar-refractivity contribution in [3.8, 4) is 0 Å². The summed E-state index contributed by atoms with van der Waals surface area (Å²) in [6.07, 6.45) is 6.22. The third kappa shape index (κ3) is 2.57. The van der Waals surface area contributed by atoms with Gasteiger partial charge in [-0.3, -0.25) is 4.79 Å². The van der Waals surface area contributed by atoms with Crippen LogP contribution in [0.2, 0.25) is 0 Å². The predicted octanol–water partition coefficient (Wildman–Crippen LogP) is 2.29. The van der Waals surface area contributed by atoms with Gasteiger partial charge in [-0.1, -0.05) is 30.3 Å². The number of amides is 1. The molecule has 1 saturated heterocycles. The fraction of sp³-hybridized carbons (Fsp3) is 0.263. The Labute approximate surface area is 140 Å². The Bertz CT molecular complexity index is 858. The molecule has 0 unspecified atom stereocenters. The summed E-state index contributed by atoms with van der Waals surface area (Å²) >= 11 is 0. The van der Waals surface area contributed by atoms with Crippen LogP contribution >= 0.6 is 0 Å². The second kappa shape index (κ2) is 6.09. The highest BCUT2D eigenvalue weighted by Crippen LogP contribution is 2.28. The molecular weight excluding hydrogens is 300 g/mol. The lowest BCUT2D eigenvalue weighted by molar-refractivity contribution is 0.0695. The second-order valence-corrected chi connectivity index (χ2v) is 6.33. The maximum Gasteiger partial charge on any atom is 0.256 e. The van der Waals surface area contributed by atoms with E-state index in [1.54, 1.807) is 12.5 Å². The molecule has 1 fully saturated rings. The lowest BCUT2D eigenvalue weighted by Gasteiger charge is -2.37. The van der Waals surface area contributed by atoms with Crippen molar-refractivity contribution in [3.05, 3.63) is 72.3 Å². The zero-order valence-electron chi connectivity index (χ0n) is 13.4. The normalized spacial score (nSPS) is 21.1. The molecule has 0 radical (unpaired) electrons. The number of hydrogen-bond donors (Lipinski definition) is 1. The Morgan fingerprint density at radius 1 is 1.17 bits per heavy atom. The van der Waals surface area contributed by atoms with Crippen LogP contribution in [0, 0.1) is 0 Å². The van der Waals surface area contributed by atoms with E-state index >= 15 is 0 Å². The maximum absolute atomic E-state index is 12.9. The molecule has 5 nitrogen and oxygen atoms in total. The first kappa shape index (κ1) is 14.9. The van der Waals surface area contributed by atoms with Gasteiger partial charge >= 0.3 is 0 Å². The summed E-state index contributed by atoms with van der Waals surface area (Å²) < 4.78 is 1.86. The van der Waals surface area contributed by atoms with E-state index in [9.17, 15) is 4.79 Å². The van der Waals surface area contributed by atoms with Gasteiger partial charge in [-0.05, 0) is 24.1 Å². The highest BCUT2D eigenvalue weighted by molar-refractivity contribution is 6.00. The molecule has 1 aliphatic rings. The van der Waals surface area contributed by atoms with Gasteiger partial charge in [0.15, 0.2) is 0 Å². The van der Waals surface area contributed by atoms with Gasteiger partial charge in [0.2, 0.25) is 0 Å². The van der Waals surface area contributed by atoms with Crippen molar-refractivity contribution >= 4 is 11.4 Å². The predicted molar refractivity (Wildman–Crippen MR) is 92.9 cm³/mol. The molecule has 122 valence electrons. The van der Waals surface area contributed by atoms with Gasteiger partial charge in [0.1, 0.15) is 0 Å². The van der Waals surface area contributed by atoms with Crippen LogP contribution in [0.4, 0.5) is 0 Å². The van der Waals surface area contributed by atoms with Crippen LogP contribution < -0.4 is 5.73 Å². The first-order valence-corrected chi connectivity index (χ1v) is 8.24. The lowest BCUT2D eigenvalue weighted by atomic mass is 9.85. The molecule has 3 heterocycles. The maximum atomic E-state index is 12.9. The second-order valence-electron chi connectivity index (χ2n) is 6.33. The number of benzene rings is 1. The molecule has 2 atom stereocenters. The van der Waals surface area contributed by atoms with E-state index in [4.69, 9.17) is 5.73 Å². The molecule has 0 aliphatic carbocycles. The number of nitrogens with two attached hydrogens (primary N) is 1. The van der Waals surface area contributed by atoms with Crippen LogP contribution in [-0.2, 0) is 0 Å². The molecule has 5 heteroatoms. The zero-order chi connectivity index (χ0) is 16.5. The monoisotopic (exact) mass is 320 g/mol. The van der Waals surface area contributed by atoms with Crippen molar-refractivity contribution in [2.75, 3.05) is 13.1 Å². The standard InChI is InChI=1S/C19H20N4O/c20-17-12-22(10-8-15(17)14-5-2-1-3-6-14)19(24)16-7-4-9-23-13-21-11-18(16)23/h1-7,9,11,13,15,17H,8,10,12,20H2/t15-,17+/m1/s1. The third-order valence-corrected chi connectivity index (χ3v) is 4.85. The van der Waals surface area contributed by atoms with Crippen molar-refractivity contribution in [1.29, 1.82) is 0 Å². The summed E-state index contributed by atoms with van der Waals surface area (Å²) in [6.45, 7) is 1.30. The molecular formula is C19H20N4O. The van der Waals surface area contributed by atoms with Gasteiger partial charge < -0.3 is 15.0 Å². The summed E-state index contributed by atoms with van der Waals surface area (Å²) in [6, 6.07) is 14.0. The van der Waals surface area contributed by atoms with Gasteiger partial charge in [0.05, 0.1) is 23.6 Å². The fourth-order valence-electron chi connectivity index (χ4n) is 3.58. The molecule has 2 aromatic heterocycles. The Morgan fingerprint density at radius 2 is 2.00 bits per heavy atom. The molecule has 1 amide bonds. The Hall–Kier alpha value is -2.66. The van der Waals surface area contributed by atoms with E-state index in [0.717, 1.165) is 18.5 Å². The van der Waals surface area contributed by atoms with E-state index in [1.165, 1.54) is 5.56 Å². The van der Waals surface area contributed by atoms with E-state index < -0.39 is 0 Å². The summed E-state index contributed by atoms with van der Waals surface area (Å²) in [5, 5.41) is 0. The summed E-state index contributed by atoms with van der Waals surface area (Å²) in [5.74, 6) is 0.337. The summed E-state index contributed by atoms with van der Waals surface area (Å²) in [4.78, 5) is 18.9. The number of pyridine rings is 1. The summed E-state index contributed by atoms with van der Waals surface area (Å²) in [7, 11) is 0. The fourth-order valence-corrected chi connectivity index (χ4v) is 3.58. The SMILES string of the molecule is N[C@H]1CN(C(=O)c2cccn3cncc23)CC[C@@H]1c1ccccc1. The number of nitrogens with zero attached hydrogens (tertiary/aromatic N) is 3. The number of carbonyl (C=O) groups excluding carboxylic acids is 1. The number of aromatic nitrogens is 2. The van der Waals surface area contributed by atoms with E-state index in [2.05, 4.69) is 17.1 Å². The Balaban J connectivity index is 1.55. The highest BCUT2D eigenvalue weighted by atomic mass is 16.2. The molecule has 1 aromatic carbocycles. The van der Waals surface area contributed by atoms with Crippen molar-refractivity contribution in [3.63, 3.8) is 0 Å². The minimum Gasteiger partial charge on any atom is -0.337 e. The lowest BCUT2D eigenvalue weighted by Crippen LogP contribution is -2.49. The minimum atomic E-state index is -0.0465. The van der Waals surface area contributed by atoms with E-state index in [0.29, 0.717) is 18.0 Å². The van der Waals surface area contributed by atoms with Crippen molar-refractivity contribution < 1.29 is 4.79 Å². The molecule has 1 aliphatic heterocycles. The number of likely N-dealkylation sites (tertiary alicyclic amines) is 1. The van der Waals surface area contributed by atoms with Crippen LogP contribution in [0.1, 0.15) is 28.3 Å². The van der Waals surface area contributed by atoms with Crippen LogP contribution in [0.5, 0.6) is 0 Å². The Kier molecular flexibility index (Phi) is 3.78. The van der Waals surface area contributed by atoms with Gasteiger partial charge in [-0.15, -0.1) is 0 Å². The topological polar surface area (TPSA) is 63.6 Å². The van der Waals surface area contributed by atoms with Crippen molar-refractivity contribution in [2.24, 2.45) is 5.73 Å². The molecule has 0 bridgehead atoms. The highest BCUT2D eigenvalue weighted by Gasteiger charge is 2.31. The van der Waals surface area contributed by atoms with Crippen LogP contribution in [0.25, 0.3) is 5.52 Å². The molecule has 24 heavy (non-hydrogen) atoms. The van der Waals surface area contributed by atoms with Gasteiger partial charge in [0, 0.05) is 31.2 Å². The van der Waals surface area contributed by atoms with Crippen LogP contribution in [0.15, 0.2) is 61.2 Å². The van der Waals surface area contributed by atoms with Gasteiger partial charge in [-0.2, -0.15) is 0 Å². The van der Waals surface area contributed by atoms with E-state index in [1.807, 2.05) is 45.8 Å². The van der Waals surface area contributed by atoms with Crippen molar-refractivity contribution in [2.45, 2.75) is 18.4 Å². The number of hydrogen-bond acceptors (Lipinski definition) is 3. The number of piperidine rings is 1. The Morgan fingerprint density at radius 3 is 2.79 bits per heavy atom. The van der Waals surface area contributed by atoms with Gasteiger partial charge in [0.25, 0.3) is 5.91 Å². The third-order valence-electron chi connectivity index (χ3n) is 4.85. The first-order valence-electron chi connectivity index (χ1n) is 8.24. The van der Waals surface area contributed by atoms with Crippen molar-refractivity contribution in [1.82, 2.24) is 14.3 Å². The quantitative estimate of drug-likeness (QED) is 0.788. The van der Waals surface area contributed by atoms with Crippen LogP contribution in [0.3, 0.4) is 0 Å². The average Bonchev–Trinajstić information content (AvgIpc) is 3.10. The average molecular weight is 320 g/mol. The molecule has 4 rings (SSSR count). The number of carbonyl (C=O) groups is 1. The van der Waals surface area contributed by atoms with E-state index in [-0.39, 0.29) is 11.9 Å². The first-order chi connectivity index (χ1) is 11.7. The zero-order valence-corrected chi connectivity index (χ0v) is 13.4. The molecule has 3 aromatic rings. The number of rotatable bonds is 2. The minimum absolute atomic E-state index is 0.0306. The number of imidazole rings is 1. The summed E-state index contributed by atoms with van der Waals surface area (Å²) in [5.41, 5.74) is 9.17. The molecule has 2 N–H and O–H groups in total. The smallest absolute Gasteiger partial charge is 0.256 e. The largest absolute Gasteiger partial charge is 0.337 e. The van der Waals surface area contributed by atoms with Gasteiger partial charge in [-0.25, -0.2) is 4.98 Å². The number of fused-ring (bicyclic) bond motifs is 1. The van der Waals surface area contributed by atoms with Crippen LogP contribution in [-0.4, -0.2) is 39.3 Å². The molecule has 0 spiro atoms. The molecule has 0 saturated carbocycles.